The van der Waals surface area contributed by atoms with E-state index < -0.39 is 0 Å². The van der Waals surface area contributed by atoms with Crippen molar-refractivity contribution < 1.29 is 0 Å². The van der Waals surface area contributed by atoms with Gasteiger partial charge in [0.15, 0.2) is 0 Å². The summed E-state index contributed by atoms with van der Waals surface area (Å²) < 4.78 is 0. The molecule has 3 heteroatoms. The van der Waals surface area contributed by atoms with E-state index in [2.05, 4.69) is 9.80 Å². The highest BCUT2D eigenvalue weighted by atomic mass is 15.3. The van der Waals surface area contributed by atoms with Crippen LogP contribution in [0.3, 0.4) is 0 Å². The molecular weight excluding hydrogens is 210 g/mol. The Kier molecular flexibility index (Phi) is 3.69. The van der Waals surface area contributed by atoms with Gasteiger partial charge >= 0.3 is 0 Å². The van der Waals surface area contributed by atoms with E-state index >= 15 is 0 Å². The van der Waals surface area contributed by atoms with Crippen molar-refractivity contribution in [3.8, 4) is 0 Å². The largest absolute Gasteiger partial charge is 0.326 e. The maximum absolute atomic E-state index is 6.61. The fraction of sp³-hybridized carbons (Fsp3) is 1.00. The Morgan fingerprint density at radius 2 is 1.53 bits per heavy atom. The van der Waals surface area contributed by atoms with E-state index in [0.717, 1.165) is 5.92 Å². The van der Waals surface area contributed by atoms with Gasteiger partial charge in [-0.3, -0.25) is 9.80 Å². The molecule has 3 aliphatic heterocycles. The molecule has 0 aromatic rings. The quantitative estimate of drug-likeness (QED) is 0.735. The predicted octanol–water partition coefficient (Wildman–Crippen LogP) is 1.28. The summed E-state index contributed by atoms with van der Waals surface area (Å²) in [5.41, 5.74) is 6.61. The Balaban J connectivity index is 1.62. The summed E-state index contributed by atoms with van der Waals surface area (Å²) >= 11 is 0. The van der Waals surface area contributed by atoms with Crippen LogP contribution in [0.1, 0.15) is 38.5 Å². The van der Waals surface area contributed by atoms with Gasteiger partial charge in [-0.1, -0.05) is 25.7 Å². The van der Waals surface area contributed by atoms with Crippen molar-refractivity contribution in [1.82, 2.24) is 9.80 Å². The Hall–Kier alpha value is -0.120. The standard InChI is InChI=1S/C14H27N3/c15-14(12-5-3-1-2-4-6-12)13-11-16-7-9-17(13)10-8-16/h12-14H,1-11,15H2. The summed E-state index contributed by atoms with van der Waals surface area (Å²) in [5.74, 6) is 0.794. The summed E-state index contributed by atoms with van der Waals surface area (Å²) in [6.07, 6.45) is 8.45. The molecule has 2 bridgehead atoms. The first-order valence-electron chi connectivity index (χ1n) is 7.56. The average Bonchev–Trinajstić information content (AvgIpc) is 2.68. The Morgan fingerprint density at radius 3 is 2.06 bits per heavy atom. The molecule has 0 amide bonds. The van der Waals surface area contributed by atoms with Crippen LogP contribution in [0.25, 0.3) is 0 Å². The third-order valence-corrected chi connectivity index (χ3v) is 5.21. The smallest absolute Gasteiger partial charge is 0.0378 e. The van der Waals surface area contributed by atoms with E-state index in [4.69, 9.17) is 5.73 Å². The van der Waals surface area contributed by atoms with Gasteiger partial charge in [0.05, 0.1) is 0 Å². The van der Waals surface area contributed by atoms with Crippen LogP contribution < -0.4 is 5.73 Å². The molecule has 2 unspecified atom stereocenters. The van der Waals surface area contributed by atoms with Crippen LogP contribution in [-0.4, -0.2) is 54.6 Å². The van der Waals surface area contributed by atoms with Crippen molar-refractivity contribution >= 4 is 0 Å². The summed E-state index contributed by atoms with van der Waals surface area (Å²) in [6.45, 7) is 6.29. The van der Waals surface area contributed by atoms with E-state index in [1.54, 1.807) is 0 Å². The lowest BCUT2D eigenvalue weighted by atomic mass is 9.85. The van der Waals surface area contributed by atoms with Gasteiger partial charge < -0.3 is 5.73 Å². The van der Waals surface area contributed by atoms with Crippen LogP contribution in [0.15, 0.2) is 0 Å². The van der Waals surface area contributed by atoms with E-state index in [1.165, 1.54) is 71.2 Å². The molecule has 1 saturated carbocycles. The van der Waals surface area contributed by atoms with Gasteiger partial charge in [0.1, 0.15) is 0 Å². The fourth-order valence-electron chi connectivity index (χ4n) is 4.03. The van der Waals surface area contributed by atoms with Crippen molar-refractivity contribution in [2.24, 2.45) is 11.7 Å². The Bertz CT molecular complexity index is 240. The van der Waals surface area contributed by atoms with E-state index in [9.17, 15) is 0 Å². The van der Waals surface area contributed by atoms with Crippen molar-refractivity contribution in [2.75, 3.05) is 32.7 Å². The van der Waals surface area contributed by atoms with Gasteiger partial charge in [0.25, 0.3) is 0 Å². The highest BCUT2D eigenvalue weighted by Gasteiger charge is 2.37. The second-order valence-electron chi connectivity index (χ2n) is 6.23. The van der Waals surface area contributed by atoms with Gasteiger partial charge in [-0.25, -0.2) is 0 Å². The minimum atomic E-state index is 0.427. The van der Waals surface area contributed by atoms with E-state index in [1.807, 2.05) is 0 Å². The molecular formula is C14H27N3. The first-order chi connectivity index (χ1) is 8.34. The lowest BCUT2D eigenvalue weighted by Gasteiger charge is -2.50. The maximum Gasteiger partial charge on any atom is 0.0378 e. The van der Waals surface area contributed by atoms with Gasteiger partial charge in [-0.2, -0.15) is 0 Å². The third-order valence-electron chi connectivity index (χ3n) is 5.21. The highest BCUT2D eigenvalue weighted by molar-refractivity contribution is 4.96. The first-order valence-corrected chi connectivity index (χ1v) is 7.56. The minimum Gasteiger partial charge on any atom is -0.326 e. The monoisotopic (exact) mass is 237 g/mol. The Labute approximate surface area is 105 Å². The third kappa shape index (κ3) is 2.51. The van der Waals surface area contributed by atoms with Crippen LogP contribution in [0.5, 0.6) is 0 Å². The van der Waals surface area contributed by atoms with Crippen LogP contribution in [0, 0.1) is 5.92 Å². The lowest BCUT2D eigenvalue weighted by Crippen LogP contribution is -2.66. The van der Waals surface area contributed by atoms with Crippen LogP contribution in [0.2, 0.25) is 0 Å². The second kappa shape index (κ2) is 5.25. The molecule has 0 radical (unpaired) electrons. The zero-order valence-corrected chi connectivity index (χ0v) is 11.0. The van der Waals surface area contributed by atoms with Crippen molar-refractivity contribution in [2.45, 2.75) is 50.6 Å². The van der Waals surface area contributed by atoms with E-state index in [0.29, 0.717) is 12.1 Å². The maximum atomic E-state index is 6.61. The van der Waals surface area contributed by atoms with Crippen molar-refractivity contribution in [3.63, 3.8) is 0 Å². The van der Waals surface area contributed by atoms with Crippen molar-refractivity contribution in [3.05, 3.63) is 0 Å². The van der Waals surface area contributed by atoms with Gasteiger partial charge in [0.2, 0.25) is 0 Å². The topological polar surface area (TPSA) is 32.5 Å². The molecule has 2 atom stereocenters. The zero-order chi connectivity index (χ0) is 11.7. The molecule has 4 fully saturated rings. The molecule has 0 aromatic carbocycles. The summed E-state index contributed by atoms with van der Waals surface area (Å²) in [4.78, 5) is 5.27. The molecule has 4 aliphatic rings. The number of hydrogen-bond donors (Lipinski definition) is 1. The first kappa shape index (κ1) is 11.9. The van der Waals surface area contributed by atoms with Crippen LogP contribution >= 0.6 is 0 Å². The number of hydrogen-bond acceptors (Lipinski definition) is 3. The van der Waals surface area contributed by atoms with Crippen LogP contribution in [0.4, 0.5) is 0 Å². The van der Waals surface area contributed by atoms with Crippen LogP contribution in [-0.2, 0) is 0 Å². The molecule has 3 heterocycles. The number of rotatable bonds is 2. The summed E-state index contributed by atoms with van der Waals surface area (Å²) in [5, 5.41) is 0. The predicted molar refractivity (Wildman–Crippen MR) is 71.0 cm³/mol. The number of nitrogens with zero attached hydrogens (tertiary/aromatic N) is 2. The second-order valence-corrected chi connectivity index (χ2v) is 6.23. The molecule has 3 saturated heterocycles. The molecule has 17 heavy (non-hydrogen) atoms. The Morgan fingerprint density at radius 1 is 0.882 bits per heavy atom. The highest BCUT2D eigenvalue weighted by Crippen LogP contribution is 2.29. The zero-order valence-electron chi connectivity index (χ0n) is 11.0. The summed E-state index contributed by atoms with van der Waals surface area (Å²) in [6, 6.07) is 1.08. The molecule has 0 aromatic heterocycles. The average molecular weight is 237 g/mol. The SMILES string of the molecule is NC(C1CCCCCC1)C1CN2CCN1CC2. The van der Waals surface area contributed by atoms with E-state index in [-0.39, 0.29) is 0 Å². The number of nitrogens with two attached hydrogens (primary N) is 1. The lowest BCUT2D eigenvalue weighted by molar-refractivity contribution is -0.00727. The molecule has 3 nitrogen and oxygen atoms in total. The van der Waals surface area contributed by atoms with Gasteiger partial charge in [-0.05, 0) is 18.8 Å². The summed E-state index contributed by atoms with van der Waals surface area (Å²) in [7, 11) is 0. The molecule has 98 valence electrons. The molecule has 1 aliphatic carbocycles. The van der Waals surface area contributed by atoms with Crippen molar-refractivity contribution in [1.29, 1.82) is 0 Å². The van der Waals surface area contributed by atoms with Gasteiger partial charge in [-0.15, -0.1) is 0 Å². The molecule has 2 N–H and O–H groups in total. The number of fused-ring (bicyclic) bond motifs is 3. The number of piperazine rings is 3. The normalized spacial score (nSPS) is 41.1. The minimum absolute atomic E-state index is 0.427. The molecule has 4 rings (SSSR count). The molecule has 0 spiro atoms. The van der Waals surface area contributed by atoms with Gasteiger partial charge in [0, 0.05) is 44.8 Å². The fourth-order valence-corrected chi connectivity index (χ4v) is 4.03.